The summed E-state index contributed by atoms with van der Waals surface area (Å²) in [6.07, 6.45) is 8.58. The van der Waals surface area contributed by atoms with Gasteiger partial charge < -0.3 is 0 Å². The highest BCUT2D eigenvalue weighted by atomic mass is 32.4. The van der Waals surface area contributed by atoms with Crippen molar-refractivity contribution in [3.05, 3.63) is 24.3 Å². The summed E-state index contributed by atoms with van der Waals surface area (Å²) < 4.78 is 0. The van der Waals surface area contributed by atoms with Gasteiger partial charge in [0.15, 0.2) is 0 Å². The quantitative estimate of drug-likeness (QED) is 0.545. The average Bonchev–Trinajstić information content (AvgIpc) is 1.96. The van der Waals surface area contributed by atoms with Crippen LogP contribution in [-0.4, -0.2) is 5.16 Å². The van der Waals surface area contributed by atoms with Gasteiger partial charge in [0.1, 0.15) is 0 Å². The van der Waals surface area contributed by atoms with Crippen molar-refractivity contribution >= 4 is 19.2 Å². The lowest BCUT2D eigenvalue weighted by atomic mass is 9.91. The highest BCUT2D eigenvalue weighted by Crippen LogP contribution is 2.35. The summed E-state index contributed by atoms with van der Waals surface area (Å²) in [7, 11) is 1.04. The minimum absolute atomic E-state index is 0.198. The fraction of sp³-hybridized carbons (Fsp3) is 0.500. The van der Waals surface area contributed by atoms with E-state index >= 15 is 0 Å². The van der Waals surface area contributed by atoms with Gasteiger partial charge in [-0.05, 0) is 20.2 Å². The van der Waals surface area contributed by atoms with Gasteiger partial charge in [-0.2, -0.15) is 0 Å². The van der Waals surface area contributed by atoms with Crippen molar-refractivity contribution in [2.45, 2.75) is 19.0 Å². The zero-order valence-corrected chi connectivity index (χ0v) is 7.95. The van der Waals surface area contributed by atoms with Crippen LogP contribution in [0.2, 0.25) is 0 Å². The first-order valence-electron chi connectivity index (χ1n) is 3.39. The van der Waals surface area contributed by atoms with Crippen LogP contribution in [0.1, 0.15) is 13.8 Å². The topological polar surface area (TPSA) is 0 Å². The first kappa shape index (κ1) is 8.10. The highest BCUT2D eigenvalue weighted by molar-refractivity contribution is 7.97. The van der Waals surface area contributed by atoms with Crippen LogP contribution in [0.4, 0.5) is 0 Å². The summed E-state index contributed by atoms with van der Waals surface area (Å²) in [4.78, 5) is 0. The lowest BCUT2D eigenvalue weighted by molar-refractivity contribution is 0.599. The second-order valence-corrected chi connectivity index (χ2v) is 4.54. The standard InChI is InChI=1S/C8H11PS/c1-7-5-3-4-6-8(7,2)9-10/h3-7H,1-2H3. The molecule has 0 amide bonds. The molecule has 0 bridgehead atoms. The first-order valence-corrected chi connectivity index (χ1v) is 5.30. The van der Waals surface area contributed by atoms with Crippen LogP contribution in [-0.2, 0) is 11.8 Å². The number of hydrogen-bond acceptors (Lipinski definition) is 1. The van der Waals surface area contributed by atoms with Crippen molar-refractivity contribution in [1.82, 2.24) is 0 Å². The smallest absolute Gasteiger partial charge is 0.0439 e. The Morgan fingerprint density at radius 1 is 1.50 bits per heavy atom. The van der Waals surface area contributed by atoms with Crippen molar-refractivity contribution in [3.8, 4) is 0 Å². The highest BCUT2D eigenvalue weighted by Gasteiger charge is 2.25. The van der Waals surface area contributed by atoms with Gasteiger partial charge in [0, 0.05) is 5.16 Å². The van der Waals surface area contributed by atoms with E-state index in [1.807, 2.05) is 0 Å². The molecule has 0 fully saturated rings. The monoisotopic (exact) mass is 170 g/mol. The van der Waals surface area contributed by atoms with Gasteiger partial charge in [0.2, 0.25) is 0 Å². The lowest BCUT2D eigenvalue weighted by Crippen LogP contribution is -2.23. The molecular formula is C8H11PS. The molecule has 0 aromatic carbocycles. The third-order valence-corrected chi connectivity index (χ3v) is 4.19. The Hall–Kier alpha value is -0.0000000000000000278. The summed E-state index contributed by atoms with van der Waals surface area (Å²) in [6, 6.07) is 0. The zero-order valence-electron chi connectivity index (χ0n) is 6.24. The van der Waals surface area contributed by atoms with E-state index < -0.39 is 0 Å². The minimum atomic E-state index is 0.198. The predicted octanol–water partition coefficient (Wildman–Crippen LogP) is 2.92. The molecule has 0 aromatic rings. The second-order valence-electron chi connectivity index (χ2n) is 2.85. The fourth-order valence-electron chi connectivity index (χ4n) is 0.941. The van der Waals surface area contributed by atoms with E-state index in [2.05, 4.69) is 38.2 Å². The van der Waals surface area contributed by atoms with Crippen LogP contribution in [0.5, 0.6) is 0 Å². The third-order valence-electron chi connectivity index (χ3n) is 2.06. The van der Waals surface area contributed by atoms with Gasteiger partial charge in [-0.15, -0.1) is 0 Å². The summed E-state index contributed by atoms with van der Waals surface area (Å²) >= 11 is 5.05. The Kier molecular flexibility index (Phi) is 2.38. The summed E-state index contributed by atoms with van der Waals surface area (Å²) in [6.45, 7) is 4.41. The average molecular weight is 170 g/mol. The molecule has 1 rings (SSSR count). The van der Waals surface area contributed by atoms with Gasteiger partial charge in [-0.1, -0.05) is 43.0 Å². The summed E-state index contributed by atoms with van der Waals surface area (Å²) in [5, 5.41) is 0.198. The molecule has 2 atom stereocenters. The van der Waals surface area contributed by atoms with E-state index in [-0.39, 0.29) is 5.16 Å². The number of rotatable bonds is 1. The summed E-state index contributed by atoms with van der Waals surface area (Å²) in [5.74, 6) is 0.580. The van der Waals surface area contributed by atoms with Crippen LogP contribution in [0.3, 0.4) is 0 Å². The maximum Gasteiger partial charge on any atom is 0.0439 e. The van der Waals surface area contributed by atoms with Crippen molar-refractivity contribution in [2.75, 3.05) is 0 Å². The molecule has 54 valence electrons. The molecule has 1 aliphatic carbocycles. The maximum absolute atomic E-state index is 5.05. The van der Waals surface area contributed by atoms with E-state index in [9.17, 15) is 0 Å². The molecule has 10 heavy (non-hydrogen) atoms. The molecule has 2 heteroatoms. The third kappa shape index (κ3) is 1.36. The Labute approximate surface area is 68.9 Å². The van der Waals surface area contributed by atoms with E-state index in [0.717, 1.165) is 7.36 Å². The van der Waals surface area contributed by atoms with E-state index in [4.69, 9.17) is 11.8 Å². The zero-order chi connectivity index (χ0) is 7.61. The van der Waals surface area contributed by atoms with Crippen molar-refractivity contribution in [3.63, 3.8) is 0 Å². The van der Waals surface area contributed by atoms with Crippen molar-refractivity contribution in [2.24, 2.45) is 5.92 Å². The number of hydrogen-bond donors (Lipinski definition) is 0. The maximum atomic E-state index is 5.05. The molecule has 0 heterocycles. The summed E-state index contributed by atoms with van der Waals surface area (Å²) in [5.41, 5.74) is 0. The molecule has 0 N–H and O–H groups in total. The molecule has 0 aromatic heterocycles. The van der Waals surface area contributed by atoms with Crippen LogP contribution >= 0.6 is 7.36 Å². The Bertz CT molecular complexity index is 195. The molecule has 0 nitrogen and oxygen atoms in total. The Balaban J connectivity index is 2.87. The Morgan fingerprint density at radius 3 is 2.60 bits per heavy atom. The van der Waals surface area contributed by atoms with Gasteiger partial charge in [-0.3, -0.25) is 0 Å². The Morgan fingerprint density at radius 2 is 2.20 bits per heavy atom. The van der Waals surface area contributed by atoms with Crippen LogP contribution in [0.25, 0.3) is 0 Å². The van der Waals surface area contributed by atoms with E-state index in [1.165, 1.54) is 0 Å². The molecular weight excluding hydrogens is 159 g/mol. The van der Waals surface area contributed by atoms with Gasteiger partial charge in [0.25, 0.3) is 0 Å². The minimum Gasteiger partial charge on any atom is -0.0801 e. The normalized spacial score (nSPS) is 38.8. The van der Waals surface area contributed by atoms with Crippen molar-refractivity contribution < 1.29 is 0 Å². The van der Waals surface area contributed by atoms with E-state index in [0.29, 0.717) is 5.92 Å². The van der Waals surface area contributed by atoms with Crippen LogP contribution in [0, 0.1) is 5.92 Å². The molecule has 0 saturated carbocycles. The SMILES string of the molecule is CC1C=CC=CC1(C)P=S. The molecule has 0 radical (unpaired) electrons. The molecule has 1 aliphatic rings. The molecule has 2 unspecified atom stereocenters. The van der Waals surface area contributed by atoms with Gasteiger partial charge in [-0.25, -0.2) is 0 Å². The molecule has 0 spiro atoms. The van der Waals surface area contributed by atoms with Crippen LogP contribution in [0.15, 0.2) is 24.3 Å². The number of allylic oxidation sites excluding steroid dienone is 4. The first-order chi connectivity index (χ1) is 4.69. The largest absolute Gasteiger partial charge is 0.0801 e. The predicted molar refractivity (Wildman–Crippen MR) is 50.1 cm³/mol. The lowest BCUT2D eigenvalue weighted by Gasteiger charge is -2.27. The van der Waals surface area contributed by atoms with Gasteiger partial charge >= 0.3 is 0 Å². The van der Waals surface area contributed by atoms with Crippen molar-refractivity contribution in [1.29, 1.82) is 0 Å². The molecule has 0 saturated heterocycles. The van der Waals surface area contributed by atoms with E-state index in [1.54, 1.807) is 0 Å². The van der Waals surface area contributed by atoms with Gasteiger partial charge in [0.05, 0.1) is 0 Å². The van der Waals surface area contributed by atoms with Crippen LogP contribution < -0.4 is 0 Å². The second kappa shape index (κ2) is 2.94. The molecule has 0 aliphatic heterocycles. The fourth-order valence-corrected chi connectivity index (χ4v) is 2.02.